The number of rotatable bonds is 2. The highest BCUT2D eigenvalue weighted by Crippen LogP contribution is 2.37. The summed E-state index contributed by atoms with van der Waals surface area (Å²) < 4.78 is 76.3. The Morgan fingerprint density at radius 1 is 0.952 bits per heavy atom. The minimum atomic E-state index is -4.88. The van der Waals surface area contributed by atoms with E-state index in [1.165, 1.54) is 0 Å². The Labute approximate surface area is 118 Å². The minimum Gasteiger partial charge on any atom is -0.294 e. The van der Waals surface area contributed by atoms with E-state index in [0.29, 0.717) is 12.1 Å². The van der Waals surface area contributed by atoms with E-state index in [0.717, 1.165) is 0 Å². The second kappa shape index (κ2) is 5.35. The van der Waals surface area contributed by atoms with Crippen molar-refractivity contribution in [2.24, 2.45) is 5.41 Å². The molecule has 1 nitrogen and oxygen atoms in total. The molecule has 0 aromatic heterocycles. The number of carbonyl (C=O) groups is 1. The first-order valence-corrected chi connectivity index (χ1v) is 6.03. The number of ketones is 1. The Morgan fingerprint density at radius 3 is 1.86 bits per heavy atom. The van der Waals surface area contributed by atoms with Crippen molar-refractivity contribution < 1.29 is 31.1 Å². The molecule has 0 atom stereocenters. The Balaban J connectivity index is 3.40. The van der Waals surface area contributed by atoms with Gasteiger partial charge in [-0.25, -0.2) is 0 Å². The van der Waals surface area contributed by atoms with Gasteiger partial charge < -0.3 is 0 Å². The lowest BCUT2D eigenvalue weighted by molar-refractivity contribution is -0.141. The summed E-state index contributed by atoms with van der Waals surface area (Å²) in [5.41, 5.74) is -4.18. The molecular weight excluding hydrogens is 298 g/mol. The van der Waals surface area contributed by atoms with Crippen LogP contribution in [0.2, 0.25) is 0 Å². The van der Waals surface area contributed by atoms with Gasteiger partial charge in [-0.1, -0.05) is 20.8 Å². The molecule has 1 rings (SSSR count). The average molecular weight is 312 g/mol. The van der Waals surface area contributed by atoms with Gasteiger partial charge in [0, 0.05) is 12.0 Å². The zero-order chi connectivity index (χ0) is 16.6. The van der Waals surface area contributed by atoms with Crippen LogP contribution >= 0.6 is 0 Å². The fourth-order valence-electron chi connectivity index (χ4n) is 1.78. The van der Waals surface area contributed by atoms with Crippen LogP contribution in [0.1, 0.15) is 48.7 Å². The molecule has 0 N–H and O–H groups in total. The molecule has 1 aromatic rings. The van der Waals surface area contributed by atoms with E-state index in [-0.39, 0.29) is 12.5 Å². The Bertz CT molecular complexity index is 534. The van der Waals surface area contributed by atoms with Crippen LogP contribution in [0.25, 0.3) is 0 Å². The SMILES string of the molecule is CC(C)(C)CC(=O)c1cc(C(F)(F)F)ccc1C(F)(F)F. The van der Waals surface area contributed by atoms with Crippen LogP contribution in [-0.4, -0.2) is 5.78 Å². The molecule has 0 aliphatic carbocycles. The molecule has 0 bridgehead atoms. The van der Waals surface area contributed by atoms with Gasteiger partial charge in [-0.05, 0) is 23.6 Å². The number of Topliss-reactive ketones (excluding diaryl/α,β-unsaturated/α-hetero) is 1. The van der Waals surface area contributed by atoms with Crippen molar-refractivity contribution in [2.75, 3.05) is 0 Å². The van der Waals surface area contributed by atoms with Gasteiger partial charge in [-0.3, -0.25) is 4.79 Å². The molecule has 0 amide bonds. The summed E-state index contributed by atoms with van der Waals surface area (Å²) in [6, 6.07) is 0.909. The van der Waals surface area contributed by atoms with Crippen LogP contribution in [0.5, 0.6) is 0 Å². The topological polar surface area (TPSA) is 17.1 Å². The van der Waals surface area contributed by atoms with Gasteiger partial charge in [0.2, 0.25) is 0 Å². The highest BCUT2D eigenvalue weighted by Gasteiger charge is 2.38. The Morgan fingerprint density at radius 2 is 1.48 bits per heavy atom. The van der Waals surface area contributed by atoms with Crippen molar-refractivity contribution in [3.05, 3.63) is 34.9 Å². The zero-order valence-corrected chi connectivity index (χ0v) is 11.6. The molecule has 0 heterocycles. The molecule has 0 unspecified atom stereocenters. The summed E-state index contributed by atoms with van der Waals surface area (Å²) in [6.45, 7) is 4.85. The van der Waals surface area contributed by atoms with Gasteiger partial charge in [0.1, 0.15) is 0 Å². The van der Waals surface area contributed by atoms with E-state index in [1.807, 2.05) is 0 Å². The van der Waals surface area contributed by atoms with Gasteiger partial charge in [0.15, 0.2) is 5.78 Å². The average Bonchev–Trinajstić information content (AvgIpc) is 2.23. The van der Waals surface area contributed by atoms with Crippen molar-refractivity contribution in [3.8, 4) is 0 Å². The first kappa shape index (κ1) is 17.5. The third-order valence-corrected chi connectivity index (χ3v) is 2.64. The monoisotopic (exact) mass is 312 g/mol. The van der Waals surface area contributed by atoms with E-state index in [1.54, 1.807) is 20.8 Å². The highest BCUT2D eigenvalue weighted by molar-refractivity contribution is 5.98. The van der Waals surface area contributed by atoms with E-state index in [2.05, 4.69) is 0 Å². The molecule has 7 heteroatoms. The standard InChI is InChI=1S/C14H14F6O/c1-12(2,3)7-11(21)9-6-8(13(15,16)17)4-5-10(9)14(18,19)20/h4-6H,7H2,1-3H3. The lowest BCUT2D eigenvalue weighted by Crippen LogP contribution is -2.19. The molecular formula is C14H14F6O. The molecule has 0 aliphatic heterocycles. The largest absolute Gasteiger partial charge is 0.417 e. The maximum atomic E-state index is 12.8. The normalized spacial score (nSPS) is 13.4. The van der Waals surface area contributed by atoms with Crippen molar-refractivity contribution in [2.45, 2.75) is 39.5 Å². The third-order valence-electron chi connectivity index (χ3n) is 2.64. The summed E-state index contributed by atoms with van der Waals surface area (Å²) in [5, 5.41) is 0. The van der Waals surface area contributed by atoms with E-state index in [9.17, 15) is 31.1 Å². The highest BCUT2D eigenvalue weighted by atomic mass is 19.4. The van der Waals surface area contributed by atoms with Crippen molar-refractivity contribution >= 4 is 5.78 Å². The van der Waals surface area contributed by atoms with Gasteiger partial charge in [0.05, 0.1) is 11.1 Å². The number of alkyl halides is 6. The number of benzene rings is 1. The molecule has 21 heavy (non-hydrogen) atoms. The third kappa shape index (κ3) is 4.75. The minimum absolute atomic E-state index is 0.275. The summed E-state index contributed by atoms with van der Waals surface area (Å²) in [7, 11) is 0. The van der Waals surface area contributed by atoms with Gasteiger partial charge in [-0.2, -0.15) is 26.3 Å². The van der Waals surface area contributed by atoms with Crippen LogP contribution in [-0.2, 0) is 12.4 Å². The fraction of sp³-hybridized carbons (Fsp3) is 0.500. The van der Waals surface area contributed by atoms with Crippen LogP contribution in [0.15, 0.2) is 18.2 Å². The first-order valence-electron chi connectivity index (χ1n) is 6.03. The molecule has 0 saturated carbocycles. The van der Waals surface area contributed by atoms with Crippen molar-refractivity contribution in [1.82, 2.24) is 0 Å². The summed E-state index contributed by atoms with van der Waals surface area (Å²) in [6.07, 6.45) is -9.97. The molecule has 0 radical (unpaired) electrons. The van der Waals surface area contributed by atoms with Crippen LogP contribution in [0, 0.1) is 5.41 Å². The van der Waals surface area contributed by atoms with Gasteiger partial charge in [-0.15, -0.1) is 0 Å². The maximum Gasteiger partial charge on any atom is 0.417 e. The first-order chi connectivity index (χ1) is 9.22. The molecule has 1 aromatic carbocycles. The number of hydrogen-bond acceptors (Lipinski definition) is 1. The molecule has 0 spiro atoms. The maximum absolute atomic E-state index is 12.8. The summed E-state index contributed by atoms with van der Waals surface area (Å²) in [4.78, 5) is 11.9. The lowest BCUT2D eigenvalue weighted by atomic mass is 9.86. The lowest BCUT2D eigenvalue weighted by Gasteiger charge is -2.20. The summed E-state index contributed by atoms with van der Waals surface area (Å²) in [5.74, 6) is -0.957. The summed E-state index contributed by atoms with van der Waals surface area (Å²) >= 11 is 0. The number of carbonyl (C=O) groups excluding carboxylic acids is 1. The van der Waals surface area contributed by atoms with Crippen molar-refractivity contribution in [1.29, 1.82) is 0 Å². The van der Waals surface area contributed by atoms with Gasteiger partial charge >= 0.3 is 12.4 Å². The Hall–Kier alpha value is -1.53. The fourth-order valence-corrected chi connectivity index (χ4v) is 1.78. The van der Waals surface area contributed by atoms with E-state index in [4.69, 9.17) is 0 Å². The smallest absolute Gasteiger partial charge is 0.294 e. The van der Waals surface area contributed by atoms with Crippen molar-refractivity contribution in [3.63, 3.8) is 0 Å². The van der Waals surface area contributed by atoms with E-state index >= 15 is 0 Å². The second-order valence-electron chi connectivity index (χ2n) is 5.92. The van der Waals surface area contributed by atoms with Crippen LogP contribution < -0.4 is 0 Å². The number of hydrogen-bond donors (Lipinski definition) is 0. The van der Waals surface area contributed by atoms with E-state index < -0.39 is 40.2 Å². The second-order valence-corrected chi connectivity index (χ2v) is 5.92. The van der Waals surface area contributed by atoms with Gasteiger partial charge in [0.25, 0.3) is 0 Å². The predicted octanol–water partition coefficient (Wildman–Crippen LogP) is 5.34. The molecule has 118 valence electrons. The predicted molar refractivity (Wildman–Crippen MR) is 64.8 cm³/mol. The Kier molecular flexibility index (Phi) is 4.46. The molecule has 0 saturated heterocycles. The van der Waals surface area contributed by atoms with Crippen LogP contribution in [0.4, 0.5) is 26.3 Å². The zero-order valence-electron chi connectivity index (χ0n) is 11.6. The van der Waals surface area contributed by atoms with Crippen LogP contribution in [0.3, 0.4) is 0 Å². The number of halogens is 6. The molecule has 0 fully saturated rings. The quantitative estimate of drug-likeness (QED) is 0.532. The molecule has 0 aliphatic rings.